The fraction of sp³-hybridized carbons (Fsp3) is 0.176. The van der Waals surface area contributed by atoms with Crippen molar-refractivity contribution in [2.24, 2.45) is 0 Å². The summed E-state index contributed by atoms with van der Waals surface area (Å²) >= 11 is 6.91. The number of thiocarbonyl (C=S) groups is 1. The van der Waals surface area contributed by atoms with Gasteiger partial charge < -0.3 is 5.32 Å². The maximum atomic E-state index is 11.7. The van der Waals surface area contributed by atoms with Crippen molar-refractivity contribution in [3.8, 4) is 11.1 Å². The Morgan fingerprint density at radius 2 is 1.88 bits per heavy atom. The number of benzene rings is 2. The van der Waals surface area contributed by atoms with E-state index in [1.165, 1.54) is 11.8 Å². The van der Waals surface area contributed by atoms with Crippen molar-refractivity contribution >= 4 is 51.0 Å². The van der Waals surface area contributed by atoms with E-state index in [1.807, 2.05) is 42.7 Å². The minimum atomic E-state index is -3.42. The molecule has 0 aliphatic heterocycles. The first-order valence-electron chi connectivity index (χ1n) is 7.29. The van der Waals surface area contributed by atoms with E-state index in [9.17, 15) is 13.2 Å². The maximum absolute atomic E-state index is 11.7. The number of amides is 1. The Morgan fingerprint density at radius 1 is 1.20 bits per heavy atom. The van der Waals surface area contributed by atoms with Gasteiger partial charge in [-0.1, -0.05) is 48.6 Å². The van der Waals surface area contributed by atoms with Gasteiger partial charge in [0.2, 0.25) is 16.4 Å². The molecule has 25 heavy (non-hydrogen) atoms. The number of carbonyl (C=O) groups is 1. The van der Waals surface area contributed by atoms with Crippen molar-refractivity contribution in [3.63, 3.8) is 0 Å². The SMILES string of the molecule is CSC(NC=O)C(=S)c1ccc(NS(C)(=O)=O)c(-c2ccccc2)c1. The van der Waals surface area contributed by atoms with Gasteiger partial charge >= 0.3 is 0 Å². The lowest BCUT2D eigenvalue weighted by atomic mass is 10.00. The molecule has 0 aliphatic carbocycles. The highest BCUT2D eigenvalue weighted by Gasteiger charge is 2.17. The molecule has 0 saturated carbocycles. The first-order valence-corrected chi connectivity index (χ1v) is 10.9. The molecule has 0 radical (unpaired) electrons. The molecule has 132 valence electrons. The largest absolute Gasteiger partial charge is 0.342 e. The minimum Gasteiger partial charge on any atom is -0.342 e. The van der Waals surface area contributed by atoms with Crippen LogP contribution in [0.25, 0.3) is 11.1 Å². The van der Waals surface area contributed by atoms with Crippen LogP contribution in [0.1, 0.15) is 5.56 Å². The molecule has 2 rings (SSSR count). The minimum absolute atomic E-state index is 0.329. The normalized spacial score (nSPS) is 12.2. The first kappa shape index (κ1) is 19.4. The van der Waals surface area contributed by atoms with Crippen LogP contribution < -0.4 is 10.0 Å². The fourth-order valence-corrected chi connectivity index (χ4v) is 3.91. The first-order chi connectivity index (χ1) is 11.9. The Bertz CT molecular complexity index is 868. The molecule has 0 aliphatic rings. The molecule has 0 heterocycles. The number of rotatable bonds is 8. The Morgan fingerprint density at radius 3 is 2.44 bits per heavy atom. The monoisotopic (exact) mass is 394 g/mol. The van der Waals surface area contributed by atoms with Gasteiger partial charge in [0.1, 0.15) is 5.37 Å². The van der Waals surface area contributed by atoms with Crippen molar-refractivity contribution in [2.45, 2.75) is 5.37 Å². The fourth-order valence-electron chi connectivity index (χ4n) is 2.31. The van der Waals surface area contributed by atoms with Crippen LogP contribution in [0.2, 0.25) is 0 Å². The van der Waals surface area contributed by atoms with Gasteiger partial charge in [-0.2, -0.15) is 0 Å². The molecule has 0 fully saturated rings. The van der Waals surface area contributed by atoms with Gasteiger partial charge in [0.05, 0.1) is 16.8 Å². The number of hydrogen-bond donors (Lipinski definition) is 2. The lowest BCUT2D eigenvalue weighted by molar-refractivity contribution is -0.109. The van der Waals surface area contributed by atoms with E-state index in [-0.39, 0.29) is 5.37 Å². The smallest absolute Gasteiger partial charge is 0.229 e. The van der Waals surface area contributed by atoms with Crippen molar-refractivity contribution in [1.29, 1.82) is 0 Å². The van der Waals surface area contributed by atoms with Crippen molar-refractivity contribution < 1.29 is 13.2 Å². The van der Waals surface area contributed by atoms with Gasteiger partial charge in [0.25, 0.3) is 0 Å². The molecule has 8 heteroatoms. The predicted octanol–water partition coefficient (Wildman–Crippen LogP) is 2.88. The van der Waals surface area contributed by atoms with Crippen molar-refractivity contribution in [1.82, 2.24) is 5.32 Å². The summed E-state index contributed by atoms with van der Waals surface area (Å²) in [4.78, 5) is 11.3. The molecule has 0 aromatic heterocycles. The Kier molecular flexibility index (Phi) is 6.57. The van der Waals surface area contributed by atoms with Gasteiger partial charge in [-0.05, 0) is 29.5 Å². The zero-order chi connectivity index (χ0) is 18.4. The zero-order valence-corrected chi connectivity index (χ0v) is 16.2. The van der Waals surface area contributed by atoms with Crippen LogP contribution in [-0.4, -0.2) is 37.6 Å². The van der Waals surface area contributed by atoms with Crippen molar-refractivity contribution in [3.05, 3.63) is 54.1 Å². The number of thioether (sulfide) groups is 1. The summed E-state index contributed by atoms with van der Waals surface area (Å²) in [6.45, 7) is 0. The number of carbonyl (C=O) groups excluding carboxylic acids is 1. The van der Waals surface area contributed by atoms with Gasteiger partial charge in [-0.3, -0.25) is 9.52 Å². The highest BCUT2D eigenvalue weighted by Crippen LogP contribution is 2.30. The van der Waals surface area contributed by atoms with Crippen LogP contribution in [-0.2, 0) is 14.8 Å². The van der Waals surface area contributed by atoms with E-state index in [1.54, 1.807) is 12.1 Å². The summed E-state index contributed by atoms with van der Waals surface area (Å²) in [6.07, 6.45) is 3.58. The van der Waals surface area contributed by atoms with Crippen LogP contribution in [0.3, 0.4) is 0 Å². The summed E-state index contributed by atoms with van der Waals surface area (Å²) in [5.74, 6) is 0. The third-order valence-corrected chi connectivity index (χ3v) is 5.43. The molecule has 0 bridgehead atoms. The second-order valence-electron chi connectivity index (χ2n) is 5.27. The number of nitrogens with one attached hydrogen (secondary N) is 2. The molecule has 2 aromatic rings. The Labute approximate surface area is 157 Å². The summed E-state index contributed by atoms with van der Waals surface area (Å²) in [6, 6.07) is 14.7. The van der Waals surface area contributed by atoms with Crippen LogP contribution in [0.4, 0.5) is 5.69 Å². The van der Waals surface area contributed by atoms with E-state index in [0.29, 0.717) is 17.0 Å². The maximum Gasteiger partial charge on any atom is 0.229 e. The second kappa shape index (κ2) is 8.46. The number of anilines is 1. The van der Waals surface area contributed by atoms with E-state index in [4.69, 9.17) is 12.2 Å². The molecule has 2 aromatic carbocycles. The van der Waals surface area contributed by atoms with Gasteiger partial charge in [-0.15, -0.1) is 11.8 Å². The quantitative estimate of drug-likeness (QED) is 0.312. The molecular formula is C17H18N2O3S3. The Hall–Kier alpha value is -1.90. The van der Waals surface area contributed by atoms with Gasteiger partial charge in [0, 0.05) is 5.56 Å². The zero-order valence-electron chi connectivity index (χ0n) is 13.7. The molecule has 1 atom stereocenters. The van der Waals surface area contributed by atoms with E-state index < -0.39 is 10.0 Å². The molecule has 2 N–H and O–H groups in total. The highest BCUT2D eigenvalue weighted by atomic mass is 32.2. The average molecular weight is 395 g/mol. The van der Waals surface area contributed by atoms with Crippen LogP contribution in [0, 0.1) is 0 Å². The molecule has 1 unspecified atom stereocenters. The summed E-state index contributed by atoms with van der Waals surface area (Å²) in [5, 5.41) is 2.34. The van der Waals surface area contributed by atoms with E-state index in [2.05, 4.69) is 10.0 Å². The molecule has 1 amide bonds. The Balaban J connectivity index is 2.52. The van der Waals surface area contributed by atoms with E-state index in [0.717, 1.165) is 22.9 Å². The van der Waals surface area contributed by atoms with Crippen LogP contribution >= 0.6 is 24.0 Å². The summed E-state index contributed by atoms with van der Waals surface area (Å²) < 4.78 is 25.8. The number of hydrogen-bond acceptors (Lipinski definition) is 5. The topological polar surface area (TPSA) is 75.3 Å². The molecule has 0 spiro atoms. The van der Waals surface area contributed by atoms with Crippen LogP contribution in [0.15, 0.2) is 48.5 Å². The third-order valence-electron chi connectivity index (χ3n) is 3.38. The standard InChI is InChI=1S/C17H18N2O3S3/c1-24-17(18-11-20)16(23)13-8-9-15(19-25(2,21)22)14(10-13)12-6-4-3-5-7-12/h3-11,17,19H,1-2H3,(H,18,20). The molecule has 5 nitrogen and oxygen atoms in total. The lowest BCUT2D eigenvalue weighted by Gasteiger charge is -2.17. The lowest BCUT2D eigenvalue weighted by Crippen LogP contribution is -2.32. The summed E-state index contributed by atoms with van der Waals surface area (Å²) in [5.41, 5.74) is 2.81. The summed E-state index contributed by atoms with van der Waals surface area (Å²) in [7, 11) is -3.42. The van der Waals surface area contributed by atoms with Crippen LogP contribution in [0.5, 0.6) is 0 Å². The van der Waals surface area contributed by atoms with E-state index >= 15 is 0 Å². The average Bonchev–Trinajstić information content (AvgIpc) is 2.59. The van der Waals surface area contributed by atoms with Gasteiger partial charge in [-0.25, -0.2) is 8.42 Å². The third kappa shape index (κ3) is 5.29. The molecule has 0 saturated heterocycles. The molecular weight excluding hydrogens is 376 g/mol. The predicted molar refractivity (Wildman–Crippen MR) is 109 cm³/mol. The van der Waals surface area contributed by atoms with Gasteiger partial charge in [0.15, 0.2) is 0 Å². The second-order valence-corrected chi connectivity index (χ2v) is 8.40. The highest BCUT2D eigenvalue weighted by molar-refractivity contribution is 8.01. The van der Waals surface area contributed by atoms with Crippen molar-refractivity contribution in [2.75, 3.05) is 17.2 Å². The number of sulfonamides is 1.